The Bertz CT molecular complexity index is 1230. The van der Waals surface area contributed by atoms with Crippen molar-refractivity contribution in [3.8, 4) is 11.5 Å². The van der Waals surface area contributed by atoms with E-state index in [1.165, 1.54) is 24.3 Å². The smallest absolute Gasteiger partial charge is 0.312 e. The Morgan fingerprint density at radius 1 is 1.07 bits per heavy atom. The minimum Gasteiger partial charge on any atom is -0.450 e. The van der Waals surface area contributed by atoms with Gasteiger partial charge in [-0.05, 0) is 64.5 Å². The summed E-state index contributed by atoms with van der Waals surface area (Å²) in [4.78, 5) is 22.8. The van der Waals surface area contributed by atoms with Gasteiger partial charge in [0.15, 0.2) is 9.84 Å². The number of ether oxygens (including phenoxy) is 1. The normalized spacial score (nSPS) is 11.0. The third-order valence-corrected chi connectivity index (χ3v) is 5.82. The van der Waals surface area contributed by atoms with Gasteiger partial charge in [0.1, 0.15) is 5.75 Å². The van der Waals surface area contributed by atoms with Gasteiger partial charge >= 0.3 is 5.69 Å². The zero-order valence-corrected chi connectivity index (χ0v) is 17.9. The van der Waals surface area contributed by atoms with E-state index in [-0.39, 0.29) is 22.3 Å². The number of carbonyl (C=O) groups is 1. The van der Waals surface area contributed by atoms with Crippen LogP contribution in [0.1, 0.15) is 10.4 Å². The number of sulfone groups is 1. The molecule has 0 radical (unpaired) electrons. The van der Waals surface area contributed by atoms with Crippen LogP contribution in [0.25, 0.3) is 0 Å². The van der Waals surface area contributed by atoms with Crippen LogP contribution < -0.4 is 10.1 Å². The monoisotopic (exact) mass is 490 g/mol. The van der Waals surface area contributed by atoms with Gasteiger partial charge in [0.25, 0.3) is 5.91 Å². The highest BCUT2D eigenvalue weighted by molar-refractivity contribution is 9.10. The van der Waals surface area contributed by atoms with Gasteiger partial charge in [-0.1, -0.05) is 12.1 Å². The van der Waals surface area contributed by atoms with Crippen LogP contribution >= 0.6 is 15.9 Å². The second-order valence-corrected chi connectivity index (χ2v) is 9.09. The Balaban J connectivity index is 1.78. The predicted molar refractivity (Wildman–Crippen MR) is 115 cm³/mol. The highest BCUT2D eigenvalue weighted by Gasteiger charge is 2.20. The van der Waals surface area contributed by atoms with Gasteiger partial charge in [-0.3, -0.25) is 14.9 Å². The first-order valence-electron chi connectivity index (χ1n) is 8.47. The van der Waals surface area contributed by atoms with E-state index in [0.717, 1.165) is 12.3 Å². The molecule has 1 amide bonds. The fourth-order valence-electron chi connectivity index (χ4n) is 2.53. The maximum atomic E-state index is 12.3. The van der Waals surface area contributed by atoms with E-state index in [2.05, 4.69) is 21.2 Å². The number of rotatable bonds is 6. The maximum absolute atomic E-state index is 12.3. The molecule has 0 unspecified atom stereocenters. The number of hydrogen-bond donors (Lipinski definition) is 1. The van der Waals surface area contributed by atoms with Gasteiger partial charge in [0.2, 0.25) is 5.75 Å². The number of benzene rings is 3. The molecule has 3 aromatic carbocycles. The van der Waals surface area contributed by atoms with E-state index in [9.17, 15) is 23.3 Å². The Labute approximate surface area is 180 Å². The standard InChI is InChI=1S/C20H15BrN2O6S/c1-30(27,28)15-10-11-19(18(12-15)23(25)26)29-14-8-6-13(7-9-14)22-20(24)16-4-2-3-5-17(16)21/h2-12H,1H3,(H,22,24). The zero-order valence-electron chi connectivity index (χ0n) is 15.5. The number of nitro benzene ring substituents is 1. The Morgan fingerprint density at radius 2 is 1.73 bits per heavy atom. The van der Waals surface area contributed by atoms with Crippen molar-refractivity contribution in [1.82, 2.24) is 0 Å². The molecule has 1 N–H and O–H groups in total. The largest absolute Gasteiger partial charge is 0.450 e. The van der Waals surface area contributed by atoms with Crippen LogP contribution in [0, 0.1) is 10.1 Å². The lowest BCUT2D eigenvalue weighted by Gasteiger charge is -2.10. The molecule has 0 bridgehead atoms. The number of anilines is 1. The first kappa shape index (κ1) is 21.5. The molecule has 0 heterocycles. The summed E-state index contributed by atoms with van der Waals surface area (Å²) in [5.41, 5.74) is 0.508. The van der Waals surface area contributed by atoms with Crippen molar-refractivity contribution < 1.29 is 22.9 Å². The van der Waals surface area contributed by atoms with Crippen LogP contribution in [0.15, 0.2) is 76.1 Å². The van der Waals surface area contributed by atoms with Gasteiger partial charge in [-0.2, -0.15) is 0 Å². The number of nitrogens with one attached hydrogen (secondary N) is 1. The maximum Gasteiger partial charge on any atom is 0.312 e. The molecule has 0 atom stereocenters. The number of carbonyl (C=O) groups excluding carboxylic acids is 1. The highest BCUT2D eigenvalue weighted by atomic mass is 79.9. The quantitative estimate of drug-likeness (QED) is 0.391. The summed E-state index contributed by atoms with van der Waals surface area (Å²) in [5.74, 6) is -0.121. The topological polar surface area (TPSA) is 116 Å². The molecule has 0 saturated carbocycles. The van der Waals surface area contributed by atoms with Crippen LogP contribution in [0.2, 0.25) is 0 Å². The van der Waals surface area contributed by atoms with E-state index in [1.54, 1.807) is 36.4 Å². The van der Waals surface area contributed by atoms with Crippen molar-refractivity contribution in [2.24, 2.45) is 0 Å². The molecule has 0 spiro atoms. The minimum absolute atomic E-state index is 0.0996. The van der Waals surface area contributed by atoms with Crippen molar-refractivity contribution >= 4 is 43.0 Å². The molecule has 154 valence electrons. The Morgan fingerprint density at radius 3 is 2.33 bits per heavy atom. The summed E-state index contributed by atoms with van der Waals surface area (Å²) in [7, 11) is -3.60. The van der Waals surface area contributed by atoms with Crippen LogP contribution in [0.4, 0.5) is 11.4 Å². The van der Waals surface area contributed by atoms with Gasteiger partial charge in [-0.25, -0.2) is 8.42 Å². The third-order valence-electron chi connectivity index (χ3n) is 4.01. The van der Waals surface area contributed by atoms with E-state index < -0.39 is 20.4 Å². The molecule has 0 saturated heterocycles. The van der Waals surface area contributed by atoms with Crippen LogP contribution in [-0.4, -0.2) is 25.5 Å². The van der Waals surface area contributed by atoms with Crippen LogP contribution in [-0.2, 0) is 9.84 Å². The van der Waals surface area contributed by atoms with E-state index in [0.29, 0.717) is 15.7 Å². The number of nitro groups is 1. The summed E-state index contributed by atoms with van der Waals surface area (Å²) in [6.07, 6.45) is 0.966. The summed E-state index contributed by atoms with van der Waals surface area (Å²) >= 11 is 3.32. The van der Waals surface area contributed by atoms with E-state index in [1.807, 2.05) is 0 Å². The zero-order chi connectivity index (χ0) is 21.9. The molecule has 0 aliphatic carbocycles. The lowest BCUT2D eigenvalue weighted by molar-refractivity contribution is -0.385. The van der Waals surface area contributed by atoms with Crippen molar-refractivity contribution in [3.05, 3.63) is 86.9 Å². The average molecular weight is 491 g/mol. The molecule has 30 heavy (non-hydrogen) atoms. The first-order valence-corrected chi connectivity index (χ1v) is 11.2. The van der Waals surface area contributed by atoms with Gasteiger partial charge in [0, 0.05) is 22.5 Å². The summed E-state index contributed by atoms with van der Waals surface area (Å²) in [5, 5.41) is 14.1. The number of halogens is 1. The van der Waals surface area contributed by atoms with Crippen LogP contribution in [0.5, 0.6) is 11.5 Å². The van der Waals surface area contributed by atoms with Crippen LogP contribution in [0.3, 0.4) is 0 Å². The molecule has 3 aromatic rings. The minimum atomic E-state index is -3.60. The van der Waals surface area contributed by atoms with Gasteiger partial charge in [-0.15, -0.1) is 0 Å². The molecular weight excluding hydrogens is 476 g/mol. The fraction of sp³-hybridized carbons (Fsp3) is 0.0500. The molecule has 0 aliphatic heterocycles. The average Bonchev–Trinajstić information content (AvgIpc) is 2.69. The van der Waals surface area contributed by atoms with E-state index >= 15 is 0 Å². The van der Waals surface area contributed by atoms with Gasteiger partial charge < -0.3 is 10.1 Å². The summed E-state index contributed by atoms with van der Waals surface area (Å²) < 4.78 is 29.5. The van der Waals surface area contributed by atoms with Crippen molar-refractivity contribution in [1.29, 1.82) is 0 Å². The third kappa shape index (κ3) is 5.02. The molecule has 3 rings (SSSR count). The predicted octanol–water partition coefficient (Wildman–Crippen LogP) is 4.81. The molecular formula is C20H15BrN2O6S. The summed E-state index contributed by atoms with van der Waals surface area (Å²) in [6.45, 7) is 0. The lowest BCUT2D eigenvalue weighted by Crippen LogP contribution is -2.12. The molecule has 0 fully saturated rings. The number of hydrogen-bond acceptors (Lipinski definition) is 6. The van der Waals surface area contributed by atoms with Crippen molar-refractivity contribution in [2.45, 2.75) is 4.90 Å². The van der Waals surface area contributed by atoms with Gasteiger partial charge in [0.05, 0.1) is 15.4 Å². The lowest BCUT2D eigenvalue weighted by atomic mass is 10.2. The van der Waals surface area contributed by atoms with E-state index in [4.69, 9.17) is 4.74 Å². The highest BCUT2D eigenvalue weighted by Crippen LogP contribution is 2.33. The number of nitrogens with zero attached hydrogens (tertiary/aromatic N) is 1. The summed E-state index contributed by atoms with van der Waals surface area (Å²) in [6, 6.07) is 16.6. The Kier molecular flexibility index (Phi) is 6.18. The first-order chi connectivity index (χ1) is 14.1. The molecule has 10 heteroatoms. The molecule has 0 aliphatic rings. The Hall–Kier alpha value is -3.24. The second kappa shape index (κ2) is 8.64. The fourth-order valence-corrected chi connectivity index (χ4v) is 3.64. The molecule has 8 nitrogen and oxygen atoms in total. The SMILES string of the molecule is CS(=O)(=O)c1ccc(Oc2ccc(NC(=O)c3ccccc3Br)cc2)c([N+](=O)[O-])c1. The number of amides is 1. The van der Waals surface area contributed by atoms with Crippen molar-refractivity contribution in [2.75, 3.05) is 11.6 Å². The molecule has 0 aromatic heterocycles. The van der Waals surface area contributed by atoms with Crippen molar-refractivity contribution in [3.63, 3.8) is 0 Å². The second-order valence-electron chi connectivity index (χ2n) is 6.22.